The Kier molecular flexibility index (Phi) is 5.50. The number of aromatic nitrogens is 3. The third-order valence-corrected chi connectivity index (χ3v) is 4.82. The molecule has 2 aromatic heterocycles. The van der Waals surface area contributed by atoms with Gasteiger partial charge in [0.1, 0.15) is 17.6 Å². The van der Waals surface area contributed by atoms with Crippen LogP contribution in [0.5, 0.6) is 5.75 Å². The molecule has 1 aliphatic heterocycles. The molecule has 1 fully saturated rings. The predicted octanol–water partition coefficient (Wildman–Crippen LogP) is 1.49. The third kappa shape index (κ3) is 3.97. The van der Waals surface area contributed by atoms with Gasteiger partial charge >= 0.3 is 0 Å². The van der Waals surface area contributed by atoms with Gasteiger partial charge in [-0.15, -0.1) is 0 Å². The number of hydrogen-bond donors (Lipinski definition) is 1. The van der Waals surface area contributed by atoms with Crippen LogP contribution in [0.15, 0.2) is 42.9 Å². The molecule has 0 radical (unpaired) electrons. The first-order chi connectivity index (χ1) is 13.7. The molecule has 0 bridgehead atoms. The van der Waals surface area contributed by atoms with Crippen LogP contribution in [0.1, 0.15) is 10.4 Å². The summed E-state index contributed by atoms with van der Waals surface area (Å²) >= 11 is 0. The molecule has 3 heterocycles. The van der Waals surface area contributed by atoms with E-state index in [-0.39, 0.29) is 5.91 Å². The van der Waals surface area contributed by atoms with Crippen molar-refractivity contribution in [2.24, 2.45) is 0 Å². The van der Waals surface area contributed by atoms with Gasteiger partial charge in [-0.25, -0.2) is 9.97 Å². The predicted molar refractivity (Wildman–Crippen MR) is 105 cm³/mol. The summed E-state index contributed by atoms with van der Waals surface area (Å²) in [5.41, 5.74) is 2.82. The van der Waals surface area contributed by atoms with E-state index in [0.717, 1.165) is 44.3 Å². The van der Waals surface area contributed by atoms with E-state index < -0.39 is 0 Å². The molecule has 28 heavy (non-hydrogen) atoms. The Morgan fingerprint density at radius 3 is 2.75 bits per heavy atom. The van der Waals surface area contributed by atoms with Crippen LogP contribution in [-0.4, -0.2) is 71.8 Å². The number of nitrogens with one attached hydrogen (secondary N) is 1. The quantitative estimate of drug-likeness (QED) is 0.697. The number of ether oxygens (including phenoxy) is 2. The van der Waals surface area contributed by atoms with Gasteiger partial charge in [-0.3, -0.25) is 14.3 Å². The van der Waals surface area contributed by atoms with Gasteiger partial charge in [0.2, 0.25) is 0 Å². The SMILES string of the molecule is COc1ccc(-n2cnc3cc(C(=O)NCCN4CCOCC4)cnc32)cc1. The maximum Gasteiger partial charge on any atom is 0.252 e. The van der Waals surface area contributed by atoms with Crippen molar-refractivity contribution in [2.45, 2.75) is 0 Å². The smallest absolute Gasteiger partial charge is 0.252 e. The number of hydrogen-bond acceptors (Lipinski definition) is 6. The molecule has 0 unspecified atom stereocenters. The lowest BCUT2D eigenvalue weighted by Crippen LogP contribution is -2.41. The van der Waals surface area contributed by atoms with Crippen molar-refractivity contribution in [3.05, 3.63) is 48.4 Å². The Morgan fingerprint density at radius 2 is 2.00 bits per heavy atom. The second-order valence-electron chi connectivity index (χ2n) is 6.59. The molecule has 1 amide bonds. The van der Waals surface area contributed by atoms with Gasteiger partial charge in [-0.2, -0.15) is 0 Å². The minimum atomic E-state index is -0.137. The van der Waals surface area contributed by atoms with Gasteiger partial charge in [-0.1, -0.05) is 0 Å². The zero-order valence-corrected chi connectivity index (χ0v) is 15.8. The zero-order chi connectivity index (χ0) is 19.3. The van der Waals surface area contributed by atoms with Crippen LogP contribution in [0.25, 0.3) is 16.9 Å². The molecule has 1 saturated heterocycles. The number of carbonyl (C=O) groups is 1. The summed E-state index contributed by atoms with van der Waals surface area (Å²) in [4.78, 5) is 23.6. The summed E-state index contributed by atoms with van der Waals surface area (Å²) in [5.74, 6) is 0.652. The highest BCUT2D eigenvalue weighted by molar-refractivity contribution is 5.96. The average Bonchev–Trinajstić information content (AvgIpc) is 3.18. The fourth-order valence-electron chi connectivity index (χ4n) is 3.21. The van der Waals surface area contributed by atoms with Crippen molar-refractivity contribution >= 4 is 17.1 Å². The molecule has 4 rings (SSSR count). The molecule has 3 aromatic rings. The number of morpholine rings is 1. The van der Waals surface area contributed by atoms with Gasteiger partial charge < -0.3 is 14.8 Å². The number of benzene rings is 1. The monoisotopic (exact) mass is 381 g/mol. The summed E-state index contributed by atoms with van der Waals surface area (Å²) < 4.78 is 12.4. The van der Waals surface area contributed by atoms with Crippen molar-refractivity contribution in [2.75, 3.05) is 46.5 Å². The molecule has 1 aliphatic rings. The highest BCUT2D eigenvalue weighted by Gasteiger charge is 2.13. The second-order valence-corrected chi connectivity index (χ2v) is 6.59. The fourth-order valence-corrected chi connectivity index (χ4v) is 3.21. The minimum Gasteiger partial charge on any atom is -0.497 e. The van der Waals surface area contributed by atoms with E-state index in [1.165, 1.54) is 0 Å². The number of pyridine rings is 1. The van der Waals surface area contributed by atoms with Gasteiger partial charge in [0, 0.05) is 38.1 Å². The van der Waals surface area contributed by atoms with Gasteiger partial charge in [-0.05, 0) is 30.3 Å². The van der Waals surface area contributed by atoms with E-state index in [1.54, 1.807) is 25.7 Å². The van der Waals surface area contributed by atoms with Crippen molar-refractivity contribution in [3.8, 4) is 11.4 Å². The van der Waals surface area contributed by atoms with E-state index >= 15 is 0 Å². The molecule has 146 valence electrons. The average molecular weight is 381 g/mol. The van der Waals surface area contributed by atoms with Crippen LogP contribution in [-0.2, 0) is 4.74 Å². The standard InChI is InChI=1S/C20H23N5O3/c1-27-17-4-2-16(3-5-17)25-14-23-18-12-15(13-22-19(18)25)20(26)21-6-7-24-8-10-28-11-9-24/h2-5,12-14H,6-11H2,1H3,(H,21,26). The number of rotatable bonds is 6. The molecule has 8 nitrogen and oxygen atoms in total. The highest BCUT2D eigenvalue weighted by Crippen LogP contribution is 2.19. The molecular weight excluding hydrogens is 358 g/mol. The van der Waals surface area contributed by atoms with Crippen LogP contribution in [0.2, 0.25) is 0 Å². The van der Waals surface area contributed by atoms with Gasteiger partial charge in [0.15, 0.2) is 5.65 Å². The Labute approximate surface area is 163 Å². The lowest BCUT2D eigenvalue weighted by molar-refractivity contribution is 0.0383. The van der Waals surface area contributed by atoms with Crippen LogP contribution in [0.3, 0.4) is 0 Å². The van der Waals surface area contributed by atoms with Gasteiger partial charge in [0.25, 0.3) is 5.91 Å². The van der Waals surface area contributed by atoms with Crippen molar-refractivity contribution < 1.29 is 14.3 Å². The molecular formula is C20H23N5O3. The first-order valence-electron chi connectivity index (χ1n) is 9.30. The summed E-state index contributed by atoms with van der Waals surface area (Å²) in [6, 6.07) is 9.42. The number of amides is 1. The number of imidazole rings is 1. The van der Waals surface area contributed by atoms with Crippen molar-refractivity contribution in [1.29, 1.82) is 0 Å². The first-order valence-corrected chi connectivity index (χ1v) is 9.30. The van der Waals surface area contributed by atoms with E-state index in [9.17, 15) is 4.79 Å². The Balaban J connectivity index is 1.43. The van der Waals surface area contributed by atoms with E-state index in [1.807, 2.05) is 28.8 Å². The van der Waals surface area contributed by atoms with Crippen LogP contribution >= 0.6 is 0 Å². The number of nitrogens with zero attached hydrogens (tertiary/aromatic N) is 4. The molecule has 8 heteroatoms. The minimum absolute atomic E-state index is 0.137. The molecule has 1 N–H and O–H groups in total. The zero-order valence-electron chi connectivity index (χ0n) is 15.8. The maximum absolute atomic E-state index is 12.4. The van der Waals surface area contributed by atoms with E-state index in [0.29, 0.717) is 23.3 Å². The number of carbonyl (C=O) groups excluding carboxylic acids is 1. The number of methoxy groups -OCH3 is 1. The van der Waals surface area contributed by atoms with Gasteiger partial charge in [0.05, 0.1) is 25.9 Å². The highest BCUT2D eigenvalue weighted by atomic mass is 16.5. The summed E-state index contributed by atoms with van der Waals surface area (Å²) in [6.07, 6.45) is 3.30. The maximum atomic E-state index is 12.4. The van der Waals surface area contributed by atoms with E-state index in [4.69, 9.17) is 9.47 Å². The van der Waals surface area contributed by atoms with Crippen molar-refractivity contribution in [3.63, 3.8) is 0 Å². The lowest BCUT2D eigenvalue weighted by atomic mass is 10.2. The lowest BCUT2D eigenvalue weighted by Gasteiger charge is -2.26. The Bertz CT molecular complexity index is 948. The molecule has 0 spiro atoms. The number of fused-ring (bicyclic) bond motifs is 1. The Morgan fingerprint density at radius 1 is 1.21 bits per heavy atom. The van der Waals surface area contributed by atoms with Crippen LogP contribution in [0, 0.1) is 0 Å². The second kappa shape index (κ2) is 8.37. The fraction of sp³-hybridized carbons (Fsp3) is 0.350. The Hall–Kier alpha value is -2.97. The topological polar surface area (TPSA) is 81.5 Å². The molecule has 0 aliphatic carbocycles. The third-order valence-electron chi connectivity index (χ3n) is 4.82. The van der Waals surface area contributed by atoms with Crippen LogP contribution in [0.4, 0.5) is 0 Å². The summed E-state index contributed by atoms with van der Waals surface area (Å²) in [5, 5.41) is 2.95. The molecule has 1 aromatic carbocycles. The first kappa shape index (κ1) is 18.4. The van der Waals surface area contributed by atoms with Crippen LogP contribution < -0.4 is 10.1 Å². The largest absolute Gasteiger partial charge is 0.497 e. The molecule has 0 saturated carbocycles. The van der Waals surface area contributed by atoms with E-state index in [2.05, 4.69) is 20.2 Å². The summed E-state index contributed by atoms with van der Waals surface area (Å²) in [6.45, 7) is 4.74. The van der Waals surface area contributed by atoms with Crippen molar-refractivity contribution in [1.82, 2.24) is 24.8 Å². The summed E-state index contributed by atoms with van der Waals surface area (Å²) in [7, 11) is 1.64. The normalized spacial score (nSPS) is 14.9. The molecule has 0 atom stereocenters.